The molecule has 0 atom stereocenters. The first-order valence-electron chi connectivity index (χ1n) is 6.05. The average molecular weight is 394 g/mol. The van der Waals surface area contributed by atoms with Crippen molar-refractivity contribution in [3.63, 3.8) is 0 Å². The van der Waals surface area contributed by atoms with Crippen LogP contribution in [0.4, 0.5) is 4.39 Å². The quantitative estimate of drug-likeness (QED) is 0.618. The fourth-order valence-corrected chi connectivity index (χ4v) is 2.75. The fraction of sp³-hybridized carbons (Fsp3) is 0.200. The van der Waals surface area contributed by atoms with Crippen molar-refractivity contribution in [2.24, 2.45) is 0 Å². The van der Waals surface area contributed by atoms with Crippen molar-refractivity contribution in [3.05, 3.63) is 56.8 Å². The van der Waals surface area contributed by atoms with E-state index in [4.69, 9.17) is 32.7 Å². The molecule has 0 saturated carbocycles. The molecule has 0 amide bonds. The average Bonchev–Trinajstić information content (AvgIpc) is 2.49. The molecule has 0 heterocycles. The standard InChI is InChI=1S/C15H12BrCl2FO2/c1-20-13-6-9(7-17)5-11(16)15(13)21-8-10-3-2-4-12(18)14(10)19/h2-6H,7-8H2,1H3. The number of rotatable bonds is 5. The first-order chi connectivity index (χ1) is 10.1. The molecule has 2 rings (SSSR count). The van der Waals surface area contributed by atoms with Gasteiger partial charge in [-0.15, -0.1) is 11.6 Å². The lowest BCUT2D eigenvalue weighted by Crippen LogP contribution is -2.01. The zero-order chi connectivity index (χ0) is 15.4. The van der Waals surface area contributed by atoms with E-state index in [1.54, 1.807) is 18.2 Å². The molecule has 0 fully saturated rings. The van der Waals surface area contributed by atoms with Crippen LogP contribution in [0.5, 0.6) is 11.5 Å². The van der Waals surface area contributed by atoms with Crippen molar-refractivity contribution in [1.29, 1.82) is 0 Å². The lowest BCUT2D eigenvalue weighted by Gasteiger charge is -2.14. The van der Waals surface area contributed by atoms with Crippen LogP contribution in [0.25, 0.3) is 0 Å². The minimum absolute atomic E-state index is 0.0432. The van der Waals surface area contributed by atoms with Crippen molar-refractivity contribution >= 4 is 39.1 Å². The maximum atomic E-state index is 13.8. The maximum absolute atomic E-state index is 13.8. The van der Waals surface area contributed by atoms with Crippen LogP contribution < -0.4 is 9.47 Å². The van der Waals surface area contributed by atoms with E-state index in [0.717, 1.165) is 5.56 Å². The van der Waals surface area contributed by atoms with Gasteiger partial charge >= 0.3 is 0 Å². The van der Waals surface area contributed by atoms with Gasteiger partial charge in [0, 0.05) is 11.4 Å². The zero-order valence-electron chi connectivity index (χ0n) is 11.1. The van der Waals surface area contributed by atoms with Crippen molar-refractivity contribution in [2.45, 2.75) is 12.5 Å². The van der Waals surface area contributed by atoms with Crippen LogP contribution in [-0.2, 0) is 12.5 Å². The zero-order valence-corrected chi connectivity index (χ0v) is 14.2. The summed E-state index contributed by atoms with van der Waals surface area (Å²) in [5.74, 6) is 0.901. The molecule has 2 aromatic rings. The minimum Gasteiger partial charge on any atom is -0.493 e. The SMILES string of the molecule is COc1cc(CCl)cc(Br)c1OCc1cccc(Cl)c1F. The third-order valence-corrected chi connectivity index (χ3v) is 4.04. The molecule has 0 aliphatic carbocycles. The Morgan fingerprint density at radius 2 is 2.05 bits per heavy atom. The molecule has 0 radical (unpaired) electrons. The Bertz CT molecular complexity index is 650. The Hall–Kier alpha value is -0.970. The first kappa shape index (κ1) is 16.4. The number of methoxy groups -OCH3 is 1. The van der Waals surface area contributed by atoms with Gasteiger partial charge in [0.15, 0.2) is 11.5 Å². The highest BCUT2D eigenvalue weighted by molar-refractivity contribution is 9.10. The van der Waals surface area contributed by atoms with E-state index < -0.39 is 5.82 Å². The number of benzene rings is 2. The number of alkyl halides is 1. The van der Waals surface area contributed by atoms with Gasteiger partial charge in [-0.05, 0) is 39.7 Å². The second-order valence-electron chi connectivity index (χ2n) is 4.24. The van der Waals surface area contributed by atoms with Gasteiger partial charge < -0.3 is 9.47 Å². The number of hydrogen-bond donors (Lipinski definition) is 0. The monoisotopic (exact) mass is 392 g/mol. The second-order valence-corrected chi connectivity index (χ2v) is 5.77. The van der Waals surface area contributed by atoms with E-state index in [1.165, 1.54) is 13.2 Å². The van der Waals surface area contributed by atoms with Crippen LogP contribution >= 0.6 is 39.1 Å². The summed E-state index contributed by atoms with van der Waals surface area (Å²) in [6.07, 6.45) is 0. The summed E-state index contributed by atoms with van der Waals surface area (Å²) in [7, 11) is 1.53. The summed E-state index contributed by atoms with van der Waals surface area (Å²) < 4.78 is 25.5. The van der Waals surface area contributed by atoms with Gasteiger partial charge in [-0.3, -0.25) is 0 Å². The predicted molar refractivity (Wildman–Crippen MR) is 86.0 cm³/mol. The number of halogens is 4. The number of hydrogen-bond acceptors (Lipinski definition) is 2. The van der Waals surface area contributed by atoms with Gasteiger partial charge in [0.05, 0.1) is 16.6 Å². The molecule has 0 spiro atoms. The summed E-state index contributed by atoms with van der Waals surface area (Å²) >= 11 is 15.0. The van der Waals surface area contributed by atoms with E-state index in [9.17, 15) is 4.39 Å². The highest BCUT2D eigenvalue weighted by Gasteiger charge is 2.13. The molecular formula is C15H12BrCl2FO2. The molecule has 21 heavy (non-hydrogen) atoms. The molecule has 0 saturated heterocycles. The molecule has 0 N–H and O–H groups in total. The van der Waals surface area contributed by atoms with Gasteiger partial charge in [-0.1, -0.05) is 23.7 Å². The minimum atomic E-state index is -0.480. The highest BCUT2D eigenvalue weighted by Crippen LogP contribution is 2.37. The van der Waals surface area contributed by atoms with E-state index in [1.807, 2.05) is 6.07 Å². The van der Waals surface area contributed by atoms with Gasteiger partial charge in [0.2, 0.25) is 0 Å². The Morgan fingerprint density at radius 3 is 2.71 bits per heavy atom. The molecule has 2 nitrogen and oxygen atoms in total. The number of ether oxygens (including phenoxy) is 2. The van der Waals surface area contributed by atoms with Crippen molar-refractivity contribution in [2.75, 3.05) is 7.11 Å². The van der Waals surface area contributed by atoms with Crippen LogP contribution in [0.2, 0.25) is 5.02 Å². The van der Waals surface area contributed by atoms with E-state index in [0.29, 0.717) is 27.4 Å². The molecule has 0 unspecified atom stereocenters. The molecule has 0 aliphatic rings. The van der Waals surface area contributed by atoms with Crippen molar-refractivity contribution in [1.82, 2.24) is 0 Å². The van der Waals surface area contributed by atoms with Crippen LogP contribution in [0.1, 0.15) is 11.1 Å². The Kier molecular flexibility index (Phi) is 5.73. The molecule has 2 aromatic carbocycles. The predicted octanol–water partition coefficient (Wildman–Crippen LogP) is 5.57. The summed E-state index contributed by atoms with van der Waals surface area (Å²) in [4.78, 5) is 0. The van der Waals surface area contributed by atoms with Gasteiger partial charge in [0.25, 0.3) is 0 Å². The van der Waals surface area contributed by atoms with Crippen LogP contribution in [0.3, 0.4) is 0 Å². The molecule has 112 valence electrons. The molecule has 0 aliphatic heterocycles. The largest absolute Gasteiger partial charge is 0.493 e. The first-order valence-corrected chi connectivity index (χ1v) is 7.75. The third kappa shape index (κ3) is 3.82. The molecule has 6 heteroatoms. The summed E-state index contributed by atoms with van der Waals surface area (Å²) in [5.41, 5.74) is 1.26. The van der Waals surface area contributed by atoms with E-state index in [-0.39, 0.29) is 11.6 Å². The normalized spacial score (nSPS) is 10.5. The fourth-order valence-electron chi connectivity index (χ4n) is 1.80. The van der Waals surface area contributed by atoms with Gasteiger partial charge in [0.1, 0.15) is 12.4 Å². The molecule has 0 bridgehead atoms. The van der Waals surface area contributed by atoms with E-state index >= 15 is 0 Å². The van der Waals surface area contributed by atoms with E-state index in [2.05, 4.69) is 15.9 Å². The lowest BCUT2D eigenvalue weighted by atomic mass is 10.2. The second kappa shape index (κ2) is 7.34. The smallest absolute Gasteiger partial charge is 0.175 e. The van der Waals surface area contributed by atoms with Gasteiger partial charge in [-0.2, -0.15) is 0 Å². The van der Waals surface area contributed by atoms with Crippen LogP contribution in [0.15, 0.2) is 34.8 Å². The van der Waals surface area contributed by atoms with Crippen molar-refractivity contribution < 1.29 is 13.9 Å². The summed E-state index contributed by atoms with van der Waals surface area (Å²) in [6.45, 7) is 0.0432. The van der Waals surface area contributed by atoms with Crippen molar-refractivity contribution in [3.8, 4) is 11.5 Å². The lowest BCUT2D eigenvalue weighted by molar-refractivity contribution is 0.277. The Labute approximate surface area is 140 Å². The van der Waals surface area contributed by atoms with Crippen LogP contribution in [0, 0.1) is 5.82 Å². The summed E-state index contributed by atoms with van der Waals surface area (Å²) in [6, 6.07) is 8.40. The Morgan fingerprint density at radius 1 is 1.29 bits per heavy atom. The topological polar surface area (TPSA) is 18.5 Å². The maximum Gasteiger partial charge on any atom is 0.175 e. The molecule has 0 aromatic heterocycles. The third-order valence-electron chi connectivity index (χ3n) is 2.85. The van der Waals surface area contributed by atoms with Crippen LogP contribution in [-0.4, -0.2) is 7.11 Å². The Balaban J connectivity index is 2.25. The van der Waals surface area contributed by atoms with Gasteiger partial charge in [-0.25, -0.2) is 4.39 Å². The highest BCUT2D eigenvalue weighted by atomic mass is 79.9. The summed E-state index contributed by atoms with van der Waals surface area (Å²) in [5, 5.41) is 0.0691. The molecular weight excluding hydrogens is 382 g/mol.